The van der Waals surface area contributed by atoms with Crippen LogP contribution in [0.4, 0.5) is 0 Å². The van der Waals surface area contributed by atoms with Crippen molar-refractivity contribution >= 4 is 45.1 Å². The van der Waals surface area contributed by atoms with Gasteiger partial charge in [-0.1, -0.05) is 18.7 Å². The van der Waals surface area contributed by atoms with Gasteiger partial charge in [-0.25, -0.2) is 4.98 Å². The predicted octanol–water partition coefficient (Wildman–Crippen LogP) is 2.22. The Morgan fingerprint density at radius 2 is 2.00 bits per heavy atom. The smallest absolute Gasteiger partial charge is 0.263 e. The largest absolute Gasteiger partial charge is 0.354 e. The molecule has 7 nitrogen and oxygen atoms in total. The highest BCUT2D eigenvalue weighted by atomic mass is 32.2. The second-order valence-corrected chi connectivity index (χ2v) is 8.42. The van der Waals surface area contributed by atoms with Gasteiger partial charge in [-0.15, -0.1) is 11.3 Å². The molecule has 2 heterocycles. The van der Waals surface area contributed by atoms with Crippen LogP contribution in [0.2, 0.25) is 0 Å². The van der Waals surface area contributed by atoms with E-state index >= 15 is 0 Å². The average molecular weight is 411 g/mol. The number of carbonyl (C=O) groups is 2. The fourth-order valence-electron chi connectivity index (χ4n) is 2.58. The van der Waals surface area contributed by atoms with E-state index in [1.807, 2.05) is 27.7 Å². The lowest BCUT2D eigenvalue weighted by Gasteiger charge is -2.14. The molecule has 2 aromatic heterocycles. The Balaban J connectivity index is 2.11. The fraction of sp³-hybridized carbons (Fsp3) is 0.556. The number of fused-ring (bicyclic) bond motifs is 1. The molecule has 9 heteroatoms. The van der Waals surface area contributed by atoms with E-state index in [0.717, 1.165) is 16.9 Å². The van der Waals surface area contributed by atoms with Crippen LogP contribution in [0, 0.1) is 13.8 Å². The van der Waals surface area contributed by atoms with Crippen LogP contribution in [-0.2, 0) is 16.1 Å². The van der Waals surface area contributed by atoms with Crippen molar-refractivity contribution in [2.24, 2.45) is 0 Å². The van der Waals surface area contributed by atoms with Gasteiger partial charge < -0.3 is 10.6 Å². The van der Waals surface area contributed by atoms with E-state index in [4.69, 9.17) is 0 Å². The van der Waals surface area contributed by atoms with E-state index in [1.54, 1.807) is 11.5 Å². The van der Waals surface area contributed by atoms with Gasteiger partial charge in [-0.05, 0) is 39.7 Å². The Morgan fingerprint density at radius 3 is 2.63 bits per heavy atom. The van der Waals surface area contributed by atoms with Crippen LogP contribution >= 0.6 is 23.1 Å². The Morgan fingerprint density at radius 1 is 1.30 bits per heavy atom. The van der Waals surface area contributed by atoms with Gasteiger partial charge in [-0.3, -0.25) is 19.0 Å². The molecule has 2 aromatic rings. The summed E-state index contributed by atoms with van der Waals surface area (Å²) in [5, 5.41) is 6.61. The van der Waals surface area contributed by atoms with Crippen LogP contribution in [0.3, 0.4) is 0 Å². The number of nitrogens with one attached hydrogen (secondary N) is 2. The Hall–Kier alpha value is -1.87. The maximum absolute atomic E-state index is 12.8. The van der Waals surface area contributed by atoms with Crippen molar-refractivity contribution < 1.29 is 9.59 Å². The fourth-order valence-corrected chi connectivity index (χ4v) is 4.52. The van der Waals surface area contributed by atoms with Gasteiger partial charge in [-0.2, -0.15) is 0 Å². The van der Waals surface area contributed by atoms with Gasteiger partial charge in [0.05, 0.1) is 11.1 Å². The molecule has 0 unspecified atom stereocenters. The number of aryl methyl sites for hydroxylation is 2. The minimum Gasteiger partial charge on any atom is -0.354 e. The molecule has 2 N–H and O–H groups in total. The molecule has 0 saturated carbocycles. The van der Waals surface area contributed by atoms with Crippen molar-refractivity contribution in [3.05, 3.63) is 20.8 Å². The molecule has 0 spiro atoms. The molecule has 148 valence electrons. The maximum Gasteiger partial charge on any atom is 0.263 e. The number of amides is 2. The second kappa shape index (κ2) is 9.36. The predicted molar refractivity (Wildman–Crippen MR) is 111 cm³/mol. The van der Waals surface area contributed by atoms with E-state index in [0.29, 0.717) is 28.5 Å². The number of thioether (sulfide) groups is 1. The summed E-state index contributed by atoms with van der Waals surface area (Å²) in [4.78, 5) is 43.2. The van der Waals surface area contributed by atoms with Gasteiger partial charge in [0.2, 0.25) is 11.8 Å². The number of thiophene rings is 1. The monoisotopic (exact) mass is 410 g/mol. The molecule has 0 fully saturated rings. The zero-order chi connectivity index (χ0) is 20.1. The third-order valence-electron chi connectivity index (χ3n) is 4.22. The minimum absolute atomic E-state index is 0.0698. The first-order chi connectivity index (χ1) is 12.8. The van der Waals surface area contributed by atoms with Crippen molar-refractivity contribution in [2.45, 2.75) is 58.8 Å². The van der Waals surface area contributed by atoms with Gasteiger partial charge in [0.1, 0.15) is 10.9 Å². The molecule has 2 rings (SSSR count). The van der Waals surface area contributed by atoms with Crippen LogP contribution in [0.1, 0.15) is 37.6 Å². The first kappa shape index (κ1) is 21.4. The molecule has 0 saturated heterocycles. The van der Waals surface area contributed by atoms with Crippen LogP contribution < -0.4 is 16.2 Å². The molecular weight excluding hydrogens is 384 g/mol. The lowest BCUT2D eigenvalue weighted by atomic mass is 10.2. The first-order valence-electron chi connectivity index (χ1n) is 9.00. The highest BCUT2D eigenvalue weighted by Gasteiger charge is 2.18. The number of hydrogen-bond donors (Lipinski definition) is 2. The van der Waals surface area contributed by atoms with E-state index < -0.39 is 6.04 Å². The van der Waals surface area contributed by atoms with Crippen molar-refractivity contribution in [1.82, 2.24) is 20.2 Å². The zero-order valence-electron chi connectivity index (χ0n) is 16.3. The van der Waals surface area contributed by atoms with E-state index in [1.165, 1.54) is 23.1 Å². The van der Waals surface area contributed by atoms with Crippen molar-refractivity contribution in [2.75, 3.05) is 12.3 Å². The van der Waals surface area contributed by atoms with Gasteiger partial charge in [0.15, 0.2) is 5.16 Å². The molecule has 0 aromatic carbocycles. The van der Waals surface area contributed by atoms with Crippen LogP contribution in [0.5, 0.6) is 0 Å². The van der Waals surface area contributed by atoms with E-state index in [-0.39, 0.29) is 23.1 Å². The average Bonchev–Trinajstić information content (AvgIpc) is 2.92. The topological polar surface area (TPSA) is 93.1 Å². The van der Waals surface area contributed by atoms with Gasteiger partial charge in [0.25, 0.3) is 5.56 Å². The van der Waals surface area contributed by atoms with Crippen LogP contribution in [0.25, 0.3) is 10.2 Å². The standard InChI is InChI=1S/C18H26N4O3S2/c1-6-8-19-15(24)11(4)20-13(23)9-26-18-21-16-14(10(3)12(5)27-16)17(25)22(18)7-2/h11H,6-9H2,1-5H3,(H,19,24)(H,20,23)/t11-/m1/s1. The summed E-state index contributed by atoms with van der Waals surface area (Å²) < 4.78 is 1.59. The Kier molecular flexibility index (Phi) is 7.43. The third-order valence-corrected chi connectivity index (χ3v) is 6.30. The maximum atomic E-state index is 12.8. The van der Waals surface area contributed by atoms with E-state index in [2.05, 4.69) is 15.6 Å². The summed E-state index contributed by atoms with van der Waals surface area (Å²) in [6.45, 7) is 10.5. The number of rotatable bonds is 8. The SMILES string of the molecule is CCCNC(=O)[C@@H](C)NC(=O)CSc1nc2sc(C)c(C)c2c(=O)n1CC. The van der Waals surface area contributed by atoms with Crippen molar-refractivity contribution in [1.29, 1.82) is 0 Å². The summed E-state index contributed by atoms with van der Waals surface area (Å²) in [5.41, 5.74) is 0.899. The third kappa shape index (κ3) is 4.90. The highest BCUT2D eigenvalue weighted by molar-refractivity contribution is 7.99. The molecule has 0 aliphatic carbocycles. The first-order valence-corrected chi connectivity index (χ1v) is 10.8. The highest BCUT2D eigenvalue weighted by Crippen LogP contribution is 2.28. The second-order valence-electron chi connectivity index (χ2n) is 6.28. The Labute approximate surface area is 166 Å². The summed E-state index contributed by atoms with van der Waals surface area (Å²) in [6, 6.07) is -0.601. The number of nitrogens with zero attached hydrogens (tertiary/aromatic N) is 2. The molecule has 2 amide bonds. The summed E-state index contributed by atoms with van der Waals surface area (Å²) in [7, 11) is 0. The quantitative estimate of drug-likeness (QED) is 0.514. The summed E-state index contributed by atoms with van der Waals surface area (Å²) in [5.74, 6) is -0.383. The molecule has 0 radical (unpaired) electrons. The van der Waals surface area contributed by atoms with E-state index in [9.17, 15) is 14.4 Å². The van der Waals surface area contributed by atoms with Gasteiger partial charge >= 0.3 is 0 Å². The number of hydrogen-bond acceptors (Lipinski definition) is 6. The van der Waals surface area contributed by atoms with Crippen molar-refractivity contribution in [3.63, 3.8) is 0 Å². The summed E-state index contributed by atoms with van der Waals surface area (Å²) in [6.07, 6.45) is 0.840. The molecule has 0 aliphatic rings. The normalized spacial score (nSPS) is 12.2. The van der Waals surface area contributed by atoms with Gasteiger partial charge in [0, 0.05) is 18.0 Å². The number of carbonyl (C=O) groups excluding carboxylic acids is 2. The van der Waals surface area contributed by atoms with Crippen LogP contribution in [0.15, 0.2) is 9.95 Å². The van der Waals surface area contributed by atoms with Crippen LogP contribution in [-0.4, -0.2) is 39.7 Å². The lowest BCUT2D eigenvalue weighted by molar-refractivity contribution is -0.127. The molecule has 1 atom stereocenters. The molecular formula is C18H26N4O3S2. The zero-order valence-corrected chi connectivity index (χ0v) is 18.0. The lowest BCUT2D eigenvalue weighted by Crippen LogP contribution is -2.45. The summed E-state index contributed by atoms with van der Waals surface area (Å²) >= 11 is 2.70. The Bertz CT molecular complexity index is 904. The number of aromatic nitrogens is 2. The molecule has 0 aliphatic heterocycles. The molecule has 27 heavy (non-hydrogen) atoms. The minimum atomic E-state index is -0.601. The molecule has 0 bridgehead atoms. The van der Waals surface area contributed by atoms with Crippen molar-refractivity contribution in [3.8, 4) is 0 Å².